The highest BCUT2D eigenvalue weighted by Crippen LogP contribution is 2.32. The van der Waals surface area contributed by atoms with Crippen molar-refractivity contribution in [2.75, 3.05) is 0 Å². The molecule has 0 bridgehead atoms. The molecule has 2 aromatic rings. The maximum atomic E-state index is 12.6. The monoisotopic (exact) mass is 284 g/mol. The Kier molecular flexibility index (Phi) is 3.13. The van der Waals surface area contributed by atoms with E-state index in [4.69, 9.17) is 10.2 Å². The van der Waals surface area contributed by atoms with Gasteiger partial charge in [0.05, 0.1) is 16.7 Å². The molecule has 0 fully saturated rings. The molecule has 4 nitrogen and oxygen atoms in total. The second kappa shape index (κ2) is 4.52. The number of benzene rings is 2. The van der Waals surface area contributed by atoms with E-state index in [0.717, 1.165) is 30.3 Å². The summed E-state index contributed by atoms with van der Waals surface area (Å²) in [6.07, 6.45) is -4.55. The van der Waals surface area contributed by atoms with Crippen LogP contribution in [0.5, 0.6) is 0 Å². The van der Waals surface area contributed by atoms with Crippen LogP contribution in [-0.2, 0) is 6.18 Å². The summed E-state index contributed by atoms with van der Waals surface area (Å²) >= 11 is 0. The van der Waals surface area contributed by atoms with Crippen molar-refractivity contribution in [2.45, 2.75) is 6.18 Å². The SMILES string of the molecule is O=C(O)c1cc2ccc(C(F)(F)F)cc2cc1C(=O)O. The molecule has 7 heteroatoms. The van der Waals surface area contributed by atoms with Crippen LogP contribution in [0.3, 0.4) is 0 Å². The van der Waals surface area contributed by atoms with E-state index in [0.29, 0.717) is 0 Å². The molecule has 0 saturated carbocycles. The van der Waals surface area contributed by atoms with Gasteiger partial charge in [-0.1, -0.05) is 6.07 Å². The number of carboxylic acids is 2. The summed E-state index contributed by atoms with van der Waals surface area (Å²) in [5.74, 6) is -2.97. The Labute approximate surface area is 110 Å². The molecule has 0 unspecified atom stereocenters. The molecule has 0 aliphatic rings. The number of carbonyl (C=O) groups is 2. The van der Waals surface area contributed by atoms with Crippen LogP contribution in [0, 0.1) is 0 Å². The molecule has 0 radical (unpaired) electrons. The van der Waals surface area contributed by atoms with E-state index >= 15 is 0 Å². The highest BCUT2D eigenvalue weighted by atomic mass is 19.4. The van der Waals surface area contributed by atoms with Crippen LogP contribution in [0.15, 0.2) is 30.3 Å². The van der Waals surface area contributed by atoms with E-state index in [2.05, 4.69) is 0 Å². The quantitative estimate of drug-likeness (QED) is 0.887. The van der Waals surface area contributed by atoms with Crippen LogP contribution in [0.1, 0.15) is 26.3 Å². The van der Waals surface area contributed by atoms with Gasteiger partial charge in [-0.15, -0.1) is 0 Å². The van der Waals surface area contributed by atoms with Crippen molar-refractivity contribution in [3.63, 3.8) is 0 Å². The topological polar surface area (TPSA) is 74.6 Å². The van der Waals surface area contributed by atoms with E-state index in [1.807, 2.05) is 0 Å². The van der Waals surface area contributed by atoms with Gasteiger partial charge in [-0.3, -0.25) is 0 Å². The van der Waals surface area contributed by atoms with Gasteiger partial charge in [0.1, 0.15) is 0 Å². The number of carboxylic acid groups (broad SMARTS) is 2. The van der Waals surface area contributed by atoms with Crippen molar-refractivity contribution < 1.29 is 33.0 Å². The minimum atomic E-state index is -4.55. The van der Waals surface area contributed by atoms with Gasteiger partial charge in [-0.25, -0.2) is 9.59 Å². The molecule has 2 N–H and O–H groups in total. The smallest absolute Gasteiger partial charge is 0.416 e. The fourth-order valence-electron chi connectivity index (χ4n) is 1.83. The van der Waals surface area contributed by atoms with Gasteiger partial charge in [-0.2, -0.15) is 13.2 Å². The predicted octanol–water partition coefficient (Wildman–Crippen LogP) is 3.26. The van der Waals surface area contributed by atoms with Gasteiger partial charge in [0.25, 0.3) is 0 Å². The Morgan fingerprint density at radius 3 is 1.80 bits per heavy atom. The van der Waals surface area contributed by atoms with Gasteiger partial charge in [0.15, 0.2) is 0 Å². The lowest BCUT2D eigenvalue weighted by molar-refractivity contribution is -0.137. The molecule has 0 amide bonds. The highest BCUT2D eigenvalue weighted by Gasteiger charge is 2.30. The van der Waals surface area contributed by atoms with E-state index in [9.17, 15) is 22.8 Å². The molecule has 0 spiro atoms. The fourth-order valence-corrected chi connectivity index (χ4v) is 1.83. The molecular weight excluding hydrogens is 277 g/mol. The number of hydrogen-bond acceptors (Lipinski definition) is 2. The lowest BCUT2D eigenvalue weighted by Crippen LogP contribution is -2.08. The predicted molar refractivity (Wildman–Crippen MR) is 62.9 cm³/mol. The Morgan fingerprint density at radius 2 is 1.35 bits per heavy atom. The number of halogens is 3. The minimum Gasteiger partial charge on any atom is -0.478 e. The molecule has 0 atom stereocenters. The maximum Gasteiger partial charge on any atom is 0.416 e. The van der Waals surface area contributed by atoms with Gasteiger partial charge < -0.3 is 10.2 Å². The second-order valence-corrected chi connectivity index (χ2v) is 4.07. The van der Waals surface area contributed by atoms with E-state index in [1.165, 1.54) is 0 Å². The van der Waals surface area contributed by atoms with E-state index < -0.39 is 34.8 Å². The number of rotatable bonds is 2. The molecule has 2 aromatic carbocycles. The third-order valence-corrected chi connectivity index (χ3v) is 2.76. The molecular formula is C13H7F3O4. The first-order valence-electron chi connectivity index (χ1n) is 5.32. The number of hydrogen-bond donors (Lipinski definition) is 2. The summed E-state index contributed by atoms with van der Waals surface area (Å²) in [6.45, 7) is 0. The lowest BCUT2D eigenvalue weighted by Gasteiger charge is -2.09. The zero-order chi connectivity index (χ0) is 15.1. The summed E-state index contributed by atoms with van der Waals surface area (Å²) in [5, 5.41) is 18.1. The standard InChI is InChI=1S/C13H7F3O4/c14-13(15,16)8-2-1-6-4-9(11(17)18)10(12(19)20)5-7(6)3-8/h1-5H,(H,17,18)(H,19,20). The first-order chi connectivity index (χ1) is 9.20. The average Bonchev–Trinajstić information content (AvgIpc) is 2.35. The number of alkyl halides is 3. The number of aromatic carboxylic acids is 2. The normalized spacial score (nSPS) is 11.6. The Balaban J connectivity index is 2.75. The Hall–Kier alpha value is -2.57. The minimum absolute atomic E-state index is 0.0159. The van der Waals surface area contributed by atoms with Crippen molar-refractivity contribution in [3.05, 3.63) is 47.0 Å². The van der Waals surface area contributed by atoms with Gasteiger partial charge in [0.2, 0.25) is 0 Å². The van der Waals surface area contributed by atoms with Crippen molar-refractivity contribution in [1.82, 2.24) is 0 Å². The second-order valence-electron chi connectivity index (χ2n) is 4.07. The van der Waals surface area contributed by atoms with Crippen LogP contribution in [0.4, 0.5) is 13.2 Å². The molecule has 0 heterocycles. The first-order valence-corrected chi connectivity index (χ1v) is 5.32. The maximum absolute atomic E-state index is 12.6. The summed E-state index contributed by atoms with van der Waals surface area (Å²) < 4.78 is 37.7. The summed E-state index contributed by atoms with van der Waals surface area (Å²) in [5.41, 5.74) is -1.95. The van der Waals surface area contributed by atoms with Crippen molar-refractivity contribution in [1.29, 1.82) is 0 Å². The molecule has 0 aliphatic carbocycles. The molecule has 2 rings (SSSR count). The third-order valence-electron chi connectivity index (χ3n) is 2.76. The van der Waals surface area contributed by atoms with Crippen molar-refractivity contribution in [3.8, 4) is 0 Å². The third kappa shape index (κ3) is 2.42. The Bertz CT molecular complexity index is 719. The summed E-state index contributed by atoms with van der Waals surface area (Å²) in [7, 11) is 0. The van der Waals surface area contributed by atoms with Crippen LogP contribution in [-0.4, -0.2) is 22.2 Å². The number of fused-ring (bicyclic) bond motifs is 1. The van der Waals surface area contributed by atoms with Gasteiger partial charge >= 0.3 is 18.1 Å². The van der Waals surface area contributed by atoms with Crippen molar-refractivity contribution >= 4 is 22.7 Å². The average molecular weight is 284 g/mol. The molecule has 0 saturated heterocycles. The first kappa shape index (κ1) is 13.9. The summed E-state index contributed by atoms with van der Waals surface area (Å²) in [4.78, 5) is 21.9. The van der Waals surface area contributed by atoms with Crippen LogP contribution in [0.2, 0.25) is 0 Å². The Morgan fingerprint density at radius 1 is 0.850 bits per heavy atom. The zero-order valence-electron chi connectivity index (χ0n) is 9.73. The highest BCUT2D eigenvalue weighted by molar-refractivity contribution is 6.06. The zero-order valence-corrected chi connectivity index (χ0v) is 9.73. The lowest BCUT2D eigenvalue weighted by atomic mass is 9.99. The summed E-state index contributed by atoms with van der Waals surface area (Å²) in [6, 6.07) is 4.68. The van der Waals surface area contributed by atoms with Crippen LogP contribution in [0.25, 0.3) is 10.8 Å². The molecule has 0 aliphatic heterocycles. The molecule has 104 valence electrons. The van der Waals surface area contributed by atoms with Gasteiger partial charge in [-0.05, 0) is 35.0 Å². The van der Waals surface area contributed by atoms with Gasteiger partial charge in [0, 0.05) is 0 Å². The molecule has 0 aromatic heterocycles. The van der Waals surface area contributed by atoms with Crippen molar-refractivity contribution in [2.24, 2.45) is 0 Å². The largest absolute Gasteiger partial charge is 0.478 e. The molecule has 20 heavy (non-hydrogen) atoms. The van der Waals surface area contributed by atoms with E-state index in [-0.39, 0.29) is 10.8 Å². The van der Waals surface area contributed by atoms with Crippen LogP contribution < -0.4 is 0 Å². The van der Waals surface area contributed by atoms with E-state index in [1.54, 1.807) is 0 Å². The van der Waals surface area contributed by atoms with Crippen LogP contribution >= 0.6 is 0 Å². The fraction of sp³-hybridized carbons (Fsp3) is 0.0769.